The zero-order chi connectivity index (χ0) is 14.9. The van der Waals surface area contributed by atoms with Crippen molar-refractivity contribution in [2.24, 2.45) is 0 Å². The van der Waals surface area contributed by atoms with Crippen LogP contribution in [-0.2, 0) is 0 Å². The summed E-state index contributed by atoms with van der Waals surface area (Å²) in [6.45, 7) is 0.914. The summed E-state index contributed by atoms with van der Waals surface area (Å²) >= 11 is 0. The van der Waals surface area contributed by atoms with Gasteiger partial charge < -0.3 is 10.6 Å². The number of carbonyl (C=O) groups is 2. The molecule has 0 spiro atoms. The second-order valence-corrected chi connectivity index (χ2v) is 4.20. The molecular weight excluding hydrogens is 306 g/mol. The molecule has 2 N–H and O–H groups in total. The van der Waals surface area contributed by atoms with Gasteiger partial charge in [-0.05, 0) is 18.6 Å². The molecule has 0 aromatic carbocycles. The van der Waals surface area contributed by atoms with Gasteiger partial charge in [0.2, 0.25) is 0 Å². The van der Waals surface area contributed by atoms with Gasteiger partial charge >= 0.3 is 0 Å². The Morgan fingerprint density at radius 3 is 2.32 bits per heavy atom. The van der Waals surface area contributed by atoms with Crippen LogP contribution in [0.25, 0.3) is 0 Å². The van der Waals surface area contributed by atoms with Crippen molar-refractivity contribution in [2.45, 2.75) is 6.42 Å². The van der Waals surface area contributed by atoms with Crippen molar-refractivity contribution in [2.75, 3.05) is 13.1 Å². The number of halogens is 1. The summed E-state index contributed by atoms with van der Waals surface area (Å²) in [5.41, 5.74) is 0.790. The molecule has 7 nitrogen and oxygen atoms in total. The van der Waals surface area contributed by atoms with Crippen molar-refractivity contribution in [1.82, 2.24) is 25.6 Å². The summed E-state index contributed by atoms with van der Waals surface area (Å²) in [6.07, 6.45) is 8.11. The Hall–Kier alpha value is -2.54. The van der Waals surface area contributed by atoms with Crippen LogP contribution in [0.4, 0.5) is 0 Å². The molecule has 22 heavy (non-hydrogen) atoms. The van der Waals surface area contributed by atoms with Crippen LogP contribution in [0, 0.1) is 0 Å². The maximum atomic E-state index is 11.7. The third-order valence-electron chi connectivity index (χ3n) is 2.64. The normalized spacial score (nSPS) is 9.45. The summed E-state index contributed by atoms with van der Waals surface area (Å²) in [7, 11) is 0. The lowest BCUT2D eigenvalue weighted by atomic mass is 10.2. The predicted octanol–water partition coefficient (Wildman–Crippen LogP) is 0.843. The standard InChI is InChI=1S/C14H15N5O2.ClH/c20-13(11-3-1-4-15-9-11)18-5-2-6-19-14(21)12-10-16-7-8-17-12;/h1,3-4,7-10H,2,5-6H2,(H,18,20)(H,19,21);1H. The minimum atomic E-state index is -0.276. The van der Waals surface area contributed by atoms with Crippen LogP contribution in [0.5, 0.6) is 0 Å². The van der Waals surface area contributed by atoms with Crippen LogP contribution in [0.1, 0.15) is 27.3 Å². The molecule has 0 fully saturated rings. The van der Waals surface area contributed by atoms with Crippen LogP contribution in [0.2, 0.25) is 0 Å². The molecule has 0 unspecified atom stereocenters. The van der Waals surface area contributed by atoms with E-state index in [4.69, 9.17) is 0 Å². The molecule has 2 aromatic rings. The Morgan fingerprint density at radius 1 is 0.955 bits per heavy atom. The van der Waals surface area contributed by atoms with E-state index in [9.17, 15) is 9.59 Å². The Labute approximate surface area is 134 Å². The van der Waals surface area contributed by atoms with Gasteiger partial charge in [-0.3, -0.25) is 19.6 Å². The number of carbonyl (C=O) groups excluding carboxylic acids is 2. The lowest BCUT2D eigenvalue weighted by Gasteiger charge is -2.06. The van der Waals surface area contributed by atoms with Crippen LogP contribution in [0.3, 0.4) is 0 Å². The molecule has 0 saturated heterocycles. The number of hydrogen-bond acceptors (Lipinski definition) is 5. The van der Waals surface area contributed by atoms with Crippen molar-refractivity contribution in [1.29, 1.82) is 0 Å². The van der Waals surface area contributed by atoms with Gasteiger partial charge in [0, 0.05) is 37.9 Å². The Morgan fingerprint density at radius 2 is 1.68 bits per heavy atom. The molecule has 0 aliphatic carbocycles. The lowest BCUT2D eigenvalue weighted by Crippen LogP contribution is -2.30. The van der Waals surface area contributed by atoms with E-state index in [2.05, 4.69) is 25.6 Å². The van der Waals surface area contributed by atoms with Crippen LogP contribution >= 0.6 is 12.4 Å². The molecule has 2 aromatic heterocycles. The average Bonchev–Trinajstić information content (AvgIpc) is 2.55. The molecule has 2 amide bonds. The second kappa shape index (κ2) is 9.41. The van der Waals surface area contributed by atoms with E-state index in [1.807, 2.05) is 0 Å². The molecule has 0 bridgehead atoms. The van der Waals surface area contributed by atoms with Crippen LogP contribution < -0.4 is 10.6 Å². The number of rotatable bonds is 6. The third-order valence-corrected chi connectivity index (χ3v) is 2.64. The van der Waals surface area contributed by atoms with Gasteiger partial charge in [0.05, 0.1) is 11.8 Å². The molecule has 0 saturated carbocycles. The number of amides is 2. The molecule has 2 heterocycles. The highest BCUT2D eigenvalue weighted by atomic mass is 35.5. The fourth-order valence-corrected chi connectivity index (χ4v) is 1.60. The molecular formula is C14H16ClN5O2. The van der Waals surface area contributed by atoms with Crippen molar-refractivity contribution in [3.8, 4) is 0 Å². The first-order valence-electron chi connectivity index (χ1n) is 6.50. The van der Waals surface area contributed by atoms with Crippen molar-refractivity contribution in [3.05, 3.63) is 54.4 Å². The van der Waals surface area contributed by atoms with E-state index in [-0.39, 0.29) is 29.9 Å². The smallest absolute Gasteiger partial charge is 0.271 e. The number of pyridine rings is 1. The topological polar surface area (TPSA) is 96.9 Å². The first-order valence-corrected chi connectivity index (χ1v) is 6.50. The van der Waals surface area contributed by atoms with Gasteiger partial charge in [-0.2, -0.15) is 0 Å². The van der Waals surface area contributed by atoms with Crippen LogP contribution in [-0.4, -0.2) is 39.9 Å². The highest BCUT2D eigenvalue weighted by Gasteiger charge is 2.06. The van der Waals surface area contributed by atoms with E-state index >= 15 is 0 Å². The van der Waals surface area contributed by atoms with Gasteiger partial charge in [-0.15, -0.1) is 12.4 Å². The molecule has 0 radical (unpaired) electrons. The number of hydrogen-bond donors (Lipinski definition) is 2. The number of nitrogens with zero attached hydrogens (tertiary/aromatic N) is 3. The summed E-state index contributed by atoms with van der Waals surface area (Å²) in [4.78, 5) is 35.0. The maximum absolute atomic E-state index is 11.7. The van der Waals surface area contributed by atoms with Crippen LogP contribution in [0.15, 0.2) is 43.1 Å². The summed E-state index contributed by atoms with van der Waals surface area (Å²) in [5, 5.41) is 5.46. The van der Waals surface area contributed by atoms with Crippen molar-refractivity contribution in [3.63, 3.8) is 0 Å². The fraction of sp³-hybridized carbons (Fsp3) is 0.214. The average molecular weight is 322 g/mol. The molecule has 116 valence electrons. The minimum absolute atomic E-state index is 0. The highest BCUT2D eigenvalue weighted by molar-refractivity contribution is 5.93. The maximum Gasteiger partial charge on any atom is 0.271 e. The Kier molecular flexibility index (Phi) is 7.49. The van der Waals surface area contributed by atoms with Gasteiger partial charge in [-0.1, -0.05) is 0 Å². The quantitative estimate of drug-likeness (QED) is 0.769. The molecule has 0 atom stereocenters. The fourth-order valence-electron chi connectivity index (χ4n) is 1.60. The van der Waals surface area contributed by atoms with Gasteiger partial charge in [0.1, 0.15) is 5.69 Å². The van der Waals surface area contributed by atoms with E-state index in [1.54, 1.807) is 18.3 Å². The van der Waals surface area contributed by atoms with Crippen molar-refractivity contribution < 1.29 is 9.59 Å². The van der Waals surface area contributed by atoms with E-state index in [1.165, 1.54) is 24.8 Å². The largest absolute Gasteiger partial charge is 0.352 e. The highest BCUT2D eigenvalue weighted by Crippen LogP contribution is 1.95. The minimum Gasteiger partial charge on any atom is -0.352 e. The lowest BCUT2D eigenvalue weighted by molar-refractivity contribution is 0.0947. The summed E-state index contributed by atoms with van der Waals surface area (Å²) < 4.78 is 0. The van der Waals surface area contributed by atoms with Gasteiger partial charge in [0.25, 0.3) is 11.8 Å². The van der Waals surface area contributed by atoms with Gasteiger partial charge in [-0.25, -0.2) is 4.98 Å². The van der Waals surface area contributed by atoms with Gasteiger partial charge in [0.15, 0.2) is 0 Å². The van der Waals surface area contributed by atoms with E-state index in [0.29, 0.717) is 25.1 Å². The third kappa shape index (κ3) is 5.45. The predicted molar refractivity (Wildman–Crippen MR) is 82.8 cm³/mol. The number of aromatic nitrogens is 3. The number of nitrogens with one attached hydrogen (secondary N) is 2. The molecule has 0 aliphatic heterocycles. The monoisotopic (exact) mass is 321 g/mol. The molecule has 2 rings (SSSR count). The van der Waals surface area contributed by atoms with E-state index in [0.717, 1.165) is 0 Å². The molecule has 0 aliphatic rings. The Balaban J connectivity index is 0.00000242. The zero-order valence-electron chi connectivity index (χ0n) is 11.7. The second-order valence-electron chi connectivity index (χ2n) is 4.20. The zero-order valence-corrected chi connectivity index (χ0v) is 12.5. The SMILES string of the molecule is Cl.O=C(NCCCNC(=O)c1cnccn1)c1cccnc1. The van der Waals surface area contributed by atoms with Crippen molar-refractivity contribution >= 4 is 24.2 Å². The van der Waals surface area contributed by atoms with E-state index < -0.39 is 0 Å². The molecule has 8 heteroatoms. The summed E-state index contributed by atoms with van der Waals surface area (Å²) in [5.74, 6) is -0.454. The summed E-state index contributed by atoms with van der Waals surface area (Å²) in [6, 6.07) is 3.40. The first kappa shape index (κ1) is 17.5. The Bertz CT molecular complexity index is 541. The first-order chi connectivity index (χ1) is 10.3.